The Kier molecular flexibility index (Phi) is 7.73. The molecule has 0 aliphatic carbocycles. The van der Waals surface area contributed by atoms with Crippen molar-refractivity contribution in [1.29, 1.82) is 0 Å². The maximum atomic E-state index is 12.4. The molecule has 24 heavy (non-hydrogen) atoms. The molecule has 0 heterocycles. The molecule has 0 aliphatic heterocycles. The SMILES string of the molecule is COc1ccc(CCNC(=O)N(C)CCC(=O)O)cc1OC(F)F. The normalized spacial score (nSPS) is 10.4. The second-order valence-electron chi connectivity index (χ2n) is 4.91. The first-order chi connectivity index (χ1) is 11.3. The van der Waals surface area contributed by atoms with E-state index in [1.807, 2.05) is 0 Å². The summed E-state index contributed by atoms with van der Waals surface area (Å²) in [5.74, 6) is -0.870. The van der Waals surface area contributed by atoms with Gasteiger partial charge in [-0.3, -0.25) is 4.79 Å². The number of aliphatic carboxylic acids is 1. The largest absolute Gasteiger partial charge is 0.493 e. The van der Waals surface area contributed by atoms with Crippen LogP contribution in [0.15, 0.2) is 18.2 Å². The minimum Gasteiger partial charge on any atom is -0.493 e. The summed E-state index contributed by atoms with van der Waals surface area (Å²) in [5.41, 5.74) is 0.680. The quantitative estimate of drug-likeness (QED) is 0.714. The van der Waals surface area contributed by atoms with Gasteiger partial charge in [0.2, 0.25) is 0 Å². The van der Waals surface area contributed by atoms with Crippen molar-refractivity contribution in [2.75, 3.05) is 27.2 Å². The first kappa shape index (κ1) is 19.5. The molecule has 0 aromatic heterocycles. The average Bonchev–Trinajstić information content (AvgIpc) is 2.52. The van der Waals surface area contributed by atoms with Gasteiger partial charge < -0.3 is 24.8 Å². The molecule has 9 heteroatoms. The zero-order chi connectivity index (χ0) is 18.1. The van der Waals surface area contributed by atoms with E-state index in [4.69, 9.17) is 9.84 Å². The van der Waals surface area contributed by atoms with Crippen LogP contribution in [0, 0.1) is 0 Å². The predicted octanol–water partition coefficient (Wildman–Crippen LogP) is 1.96. The number of halogens is 2. The van der Waals surface area contributed by atoms with Gasteiger partial charge in [0.05, 0.1) is 13.5 Å². The van der Waals surface area contributed by atoms with Gasteiger partial charge in [-0.15, -0.1) is 0 Å². The highest BCUT2D eigenvalue weighted by molar-refractivity contribution is 5.75. The van der Waals surface area contributed by atoms with Crippen molar-refractivity contribution in [2.45, 2.75) is 19.5 Å². The first-order valence-electron chi connectivity index (χ1n) is 7.16. The van der Waals surface area contributed by atoms with Crippen molar-refractivity contribution in [3.8, 4) is 11.5 Å². The zero-order valence-electron chi connectivity index (χ0n) is 13.4. The van der Waals surface area contributed by atoms with E-state index in [1.54, 1.807) is 6.07 Å². The third-order valence-corrected chi connectivity index (χ3v) is 3.14. The van der Waals surface area contributed by atoms with Gasteiger partial charge in [-0.25, -0.2) is 4.79 Å². The first-order valence-corrected chi connectivity index (χ1v) is 7.16. The molecule has 134 valence electrons. The Morgan fingerprint density at radius 1 is 1.33 bits per heavy atom. The highest BCUT2D eigenvalue weighted by atomic mass is 19.3. The van der Waals surface area contributed by atoms with Gasteiger partial charge in [0, 0.05) is 20.1 Å². The topological polar surface area (TPSA) is 88.1 Å². The van der Waals surface area contributed by atoms with Gasteiger partial charge >= 0.3 is 18.6 Å². The van der Waals surface area contributed by atoms with Crippen LogP contribution in [0.1, 0.15) is 12.0 Å². The number of alkyl halides is 2. The van der Waals surface area contributed by atoms with E-state index < -0.39 is 18.6 Å². The second kappa shape index (κ2) is 9.53. The molecule has 0 aliphatic rings. The Morgan fingerprint density at radius 3 is 2.62 bits per heavy atom. The standard InChI is InChI=1S/C15H20F2N2O5/c1-19(8-6-13(20)21)15(22)18-7-5-10-3-4-11(23-2)12(9-10)24-14(16)17/h3-4,9,14H,5-8H2,1-2H3,(H,18,22)(H,20,21). The van der Waals surface area contributed by atoms with Gasteiger partial charge in [0.1, 0.15) is 0 Å². The molecule has 1 aromatic carbocycles. The molecule has 2 N–H and O–H groups in total. The average molecular weight is 346 g/mol. The van der Waals surface area contributed by atoms with Gasteiger partial charge in [-0.1, -0.05) is 6.07 Å². The predicted molar refractivity (Wildman–Crippen MR) is 81.6 cm³/mol. The van der Waals surface area contributed by atoms with Gasteiger partial charge in [0.25, 0.3) is 0 Å². The summed E-state index contributed by atoms with van der Waals surface area (Å²) in [5, 5.41) is 11.2. The molecule has 0 atom stereocenters. The van der Waals surface area contributed by atoms with Crippen LogP contribution in [0.3, 0.4) is 0 Å². The lowest BCUT2D eigenvalue weighted by atomic mass is 10.1. The van der Waals surface area contributed by atoms with Crippen LogP contribution in [-0.4, -0.2) is 55.9 Å². The monoisotopic (exact) mass is 346 g/mol. The van der Waals surface area contributed by atoms with Crippen LogP contribution in [0.4, 0.5) is 13.6 Å². The summed E-state index contributed by atoms with van der Waals surface area (Å²) in [6.45, 7) is -2.61. The number of nitrogens with one attached hydrogen (secondary N) is 1. The number of nitrogens with zero attached hydrogens (tertiary/aromatic N) is 1. The minimum absolute atomic E-state index is 0.0742. The number of urea groups is 1. The molecule has 7 nitrogen and oxygen atoms in total. The van der Waals surface area contributed by atoms with E-state index in [2.05, 4.69) is 10.1 Å². The number of carboxylic acid groups (broad SMARTS) is 1. The fraction of sp³-hybridized carbons (Fsp3) is 0.467. The second-order valence-corrected chi connectivity index (χ2v) is 4.91. The smallest absolute Gasteiger partial charge is 0.387 e. The van der Waals surface area contributed by atoms with E-state index in [9.17, 15) is 18.4 Å². The van der Waals surface area contributed by atoms with E-state index in [0.29, 0.717) is 12.0 Å². The Balaban J connectivity index is 2.52. The molecule has 0 unspecified atom stereocenters. The van der Waals surface area contributed by atoms with Crippen molar-refractivity contribution in [3.63, 3.8) is 0 Å². The lowest BCUT2D eigenvalue weighted by Gasteiger charge is -2.17. The Labute approximate surface area is 138 Å². The lowest BCUT2D eigenvalue weighted by Crippen LogP contribution is -2.39. The summed E-state index contributed by atoms with van der Waals surface area (Å²) in [6, 6.07) is 4.20. The molecule has 0 spiro atoms. The van der Waals surface area contributed by atoms with E-state index in [1.165, 1.54) is 31.2 Å². The zero-order valence-corrected chi connectivity index (χ0v) is 13.4. The fourth-order valence-electron chi connectivity index (χ4n) is 1.88. The third kappa shape index (κ3) is 6.67. The lowest BCUT2D eigenvalue weighted by molar-refractivity contribution is -0.137. The molecule has 0 radical (unpaired) electrons. The van der Waals surface area contributed by atoms with Crippen LogP contribution >= 0.6 is 0 Å². The number of carbonyl (C=O) groups excluding carboxylic acids is 1. The molecule has 0 saturated heterocycles. The summed E-state index contributed by atoms with van der Waals surface area (Å²) in [4.78, 5) is 23.4. The summed E-state index contributed by atoms with van der Waals surface area (Å²) >= 11 is 0. The van der Waals surface area contributed by atoms with Crippen molar-refractivity contribution < 1.29 is 33.0 Å². The van der Waals surface area contributed by atoms with Crippen molar-refractivity contribution in [1.82, 2.24) is 10.2 Å². The molecule has 0 saturated carbocycles. The highest BCUT2D eigenvalue weighted by Crippen LogP contribution is 2.29. The fourth-order valence-corrected chi connectivity index (χ4v) is 1.88. The molecule has 1 aromatic rings. The van der Waals surface area contributed by atoms with Crippen molar-refractivity contribution in [3.05, 3.63) is 23.8 Å². The van der Waals surface area contributed by atoms with Crippen molar-refractivity contribution >= 4 is 12.0 Å². The molecule has 0 fully saturated rings. The molecule has 2 amide bonds. The number of rotatable bonds is 9. The summed E-state index contributed by atoms with van der Waals surface area (Å²) in [7, 11) is 2.83. The number of carboxylic acids is 1. The van der Waals surface area contributed by atoms with E-state index in [-0.39, 0.29) is 31.0 Å². The minimum atomic E-state index is -2.96. The van der Waals surface area contributed by atoms with Gasteiger partial charge in [-0.2, -0.15) is 8.78 Å². The highest BCUT2D eigenvalue weighted by Gasteiger charge is 2.12. The van der Waals surface area contributed by atoms with Gasteiger partial charge in [-0.05, 0) is 24.1 Å². The number of carbonyl (C=O) groups is 2. The summed E-state index contributed by atoms with van der Waals surface area (Å²) in [6.07, 6.45) is 0.249. The van der Waals surface area contributed by atoms with Crippen LogP contribution in [0.25, 0.3) is 0 Å². The number of hydrogen-bond donors (Lipinski definition) is 2. The number of hydrogen-bond acceptors (Lipinski definition) is 4. The molecule has 1 rings (SSSR count). The molecular formula is C15H20F2N2O5. The number of benzene rings is 1. The number of amides is 2. The molecular weight excluding hydrogens is 326 g/mol. The van der Waals surface area contributed by atoms with Gasteiger partial charge in [0.15, 0.2) is 11.5 Å². The van der Waals surface area contributed by atoms with Crippen LogP contribution < -0.4 is 14.8 Å². The Hall–Kier alpha value is -2.58. The Morgan fingerprint density at radius 2 is 2.04 bits per heavy atom. The molecule has 0 bridgehead atoms. The Bertz CT molecular complexity index is 569. The third-order valence-electron chi connectivity index (χ3n) is 3.14. The van der Waals surface area contributed by atoms with Crippen LogP contribution in [0.5, 0.6) is 11.5 Å². The maximum absolute atomic E-state index is 12.4. The van der Waals surface area contributed by atoms with Crippen LogP contribution in [0.2, 0.25) is 0 Å². The van der Waals surface area contributed by atoms with Crippen molar-refractivity contribution in [2.24, 2.45) is 0 Å². The number of methoxy groups -OCH3 is 1. The summed E-state index contributed by atoms with van der Waals surface area (Å²) < 4.78 is 34.1. The van der Waals surface area contributed by atoms with Crippen LogP contribution in [-0.2, 0) is 11.2 Å². The maximum Gasteiger partial charge on any atom is 0.387 e. The van der Waals surface area contributed by atoms with E-state index in [0.717, 1.165) is 0 Å². The number of ether oxygens (including phenoxy) is 2. The van der Waals surface area contributed by atoms with E-state index >= 15 is 0 Å².